The lowest BCUT2D eigenvalue weighted by molar-refractivity contribution is 0.669. The Balaban J connectivity index is 1.19. The third-order valence-electron chi connectivity index (χ3n) is 8.39. The first kappa shape index (κ1) is 26.8. The minimum Gasteiger partial charge on any atom is -0.456 e. The van der Waals surface area contributed by atoms with E-state index in [-0.39, 0.29) is 0 Å². The maximum Gasteiger partial charge on any atom is 0.164 e. The molecule has 0 N–H and O–H groups in total. The summed E-state index contributed by atoms with van der Waals surface area (Å²) in [6.45, 7) is 0. The van der Waals surface area contributed by atoms with Crippen molar-refractivity contribution in [1.82, 2.24) is 24.9 Å². The zero-order valence-corrected chi connectivity index (χ0v) is 25.1. The van der Waals surface area contributed by atoms with Gasteiger partial charge in [0.05, 0.1) is 22.3 Å². The van der Waals surface area contributed by atoms with Crippen LogP contribution in [0, 0.1) is 0 Å². The number of benzene rings is 5. The Kier molecular flexibility index (Phi) is 6.35. The van der Waals surface area contributed by atoms with Gasteiger partial charge in [-0.15, -0.1) is 0 Å². The van der Waals surface area contributed by atoms with E-state index < -0.39 is 0 Å². The number of hydrogen-bond acceptors (Lipinski definition) is 6. The van der Waals surface area contributed by atoms with Gasteiger partial charge in [-0.25, -0.2) is 19.9 Å². The fourth-order valence-corrected chi connectivity index (χ4v) is 6.11. The molecular weight excluding hydrogens is 578 g/mol. The molecule has 0 fully saturated rings. The van der Waals surface area contributed by atoms with E-state index in [1.54, 1.807) is 0 Å². The molecule has 0 unspecified atom stereocenters. The average Bonchev–Trinajstić information content (AvgIpc) is 3.53. The molecule has 9 rings (SSSR count). The molecule has 47 heavy (non-hydrogen) atoms. The summed E-state index contributed by atoms with van der Waals surface area (Å²) in [7, 11) is 0. The van der Waals surface area contributed by atoms with Crippen molar-refractivity contribution in [2.24, 2.45) is 0 Å². The summed E-state index contributed by atoms with van der Waals surface area (Å²) in [5, 5.41) is 3.06. The molecule has 0 spiro atoms. The fraction of sp³-hybridized carbons (Fsp3) is 0. The fourth-order valence-electron chi connectivity index (χ4n) is 6.11. The van der Waals surface area contributed by atoms with Crippen LogP contribution in [0.4, 0.5) is 0 Å². The van der Waals surface area contributed by atoms with Crippen LogP contribution in [0.15, 0.2) is 156 Å². The zero-order valence-electron chi connectivity index (χ0n) is 25.1. The highest BCUT2D eigenvalue weighted by Crippen LogP contribution is 2.40. The second-order valence-electron chi connectivity index (χ2n) is 11.3. The Bertz CT molecular complexity index is 2500. The van der Waals surface area contributed by atoms with E-state index in [1.807, 2.05) is 109 Å². The molecule has 4 heterocycles. The normalized spacial score (nSPS) is 11.4. The number of rotatable bonds is 5. The molecular formula is C41H25N5O. The molecule has 0 saturated carbocycles. The Labute approximate surface area is 270 Å². The molecule has 0 aliphatic rings. The lowest BCUT2D eigenvalue weighted by atomic mass is 10.00. The van der Waals surface area contributed by atoms with Gasteiger partial charge in [-0.1, -0.05) is 127 Å². The maximum atomic E-state index is 6.40. The Hall–Kier alpha value is -6.53. The first-order chi connectivity index (χ1) is 23.3. The molecule has 0 saturated heterocycles. The maximum absolute atomic E-state index is 6.40. The van der Waals surface area contributed by atoms with Gasteiger partial charge in [0.15, 0.2) is 17.5 Å². The lowest BCUT2D eigenvalue weighted by Crippen LogP contribution is -2.00. The molecule has 6 nitrogen and oxygen atoms in total. The minimum atomic E-state index is 0.604. The molecule has 0 aliphatic carbocycles. The standard InChI is InChI=1S/C41H25N5O/c1-3-11-28(12-4-1)39-44-40(29-13-5-2-6-14-29)46-41(45-39)30-22-20-26(21-23-30)33-25-35-36(31-17-7-8-19-34(31)47-35)38(43-33)32-18-9-15-27-16-10-24-42-37(27)32/h1-25H. The van der Waals surface area contributed by atoms with Crippen molar-refractivity contribution in [2.45, 2.75) is 0 Å². The number of pyridine rings is 2. The monoisotopic (exact) mass is 603 g/mol. The van der Waals surface area contributed by atoms with Crippen molar-refractivity contribution in [1.29, 1.82) is 0 Å². The molecule has 4 aromatic heterocycles. The van der Waals surface area contributed by atoms with Gasteiger partial charge in [0.25, 0.3) is 0 Å². The van der Waals surface area contributed by atoms with E-state index in [0.717, 1.165) is 72.0 Å². The SMILES string of the molecule is c1ccc(-c2nc(-c3ccccc3)nc(-c3ccc(-c4cc5oc6ccccc6c5c(-c5cccc6cccnc56)n4)cc3)n2)cc1. The van der Waals surface area contributed by atoms with Crippen molar-refractivity contribution in [3.05, 3.63) is 152 Å². The van der Waals surface area contributed by atoms with Crippen LogP contribution < -0.4 is 0 Å². The highest BCUT2D eigenvalue weighted by atomic mass is 16.3. The van der Waals surface area contributed by atoms with Crippen LogP contribution in [0.1, 0.15) is 0 Å². The predicted octanol–water partition coefficient (Wildman–Crippen LogP) is 10.0. The summed E-state index contributed by atoms with van der Waals surface area (Å²) >= 11 is 0. The topological polar surface area (TPSA) is 77.6 Å². The van der Waals surface area contributed by atoms with Crippen molar-refractivity contribution in [2.75, 3.05) is 0 Å². The first-order valence-electron chi connectivity index (χ1n) is 15.4. The second-order valence-corrected chi connectivity index (χ2v) is 11.3. The quantitative estimate of drug-likeness (QED) is 0.195. The summed E-state index contributed by atoms with van der Waals surface area (Å²) in [4.78, 5) is 24.6. The van der Waals surface area contributed by atoms with Gasteiger partial charge in [-0.3, -0.25) is 4.98 Å². The Morgan fingerprint density at radius 3 is 1.74 bits per heavy atom. The van der Waals surface area contributed by atoms with E-state index in [0.29, 0.717) is 17.5 Å². The summed E-state index contributed by atoms with van der Waals surface area (Å²) in [6.07, 6.45) is 1.83. The van der Waals surface area contributed by atoms with Crippen molar-refractivity contribution in [3.8, 4) is 56.7 Å². The van der Waals surface area contributed by atoms with Crippen LogP contribution in [-0.4, -0.2) is 24.9 Å². The van der Waals surface area contributed by atoms with Gasteiger partial charge in [-0.05, 0) is 12.1 Å². The summed E-state index contributed by atoms with van der Waals surface area (Å²) in [5.74, 6) is 1.86. The van der Waals surface area contributed by atoms with Gasteiger partial charge in [0.2, 0.25) is 0 Å². The number of para-hydroxylation sites is 2. The predicted molar refractivity (Wildman–Crippen MR) is 187 cm³/mol. The highest BCUT2D eigenvalue weighted by molar-refractivity contribution is 6.14. The molecule has 6 heteroatoms. The van der Waals surface area contributed by atoms with Crippen molar-refractivity contribution in [3.63, 3.8) is 0 Å². The van der Waals surface area contributed by atoms with Gasteiger partial charge < -0.3 is 4.42 Å². The molecule has 0 aliphatic heterocycles. The molecule has 0 radical (unpaired) electrons. The molecule has 220 valence electrons. The van der Waals surface area contributed by atoms with E-state index >= 15 is 0 Å². The third kappa shape index (κ3) is 4.80. The van der Waals surface area contributed by atoms with E-state index in [1.165, 1.54) is 0 Å². The molecule has 0 bridgehead atoms. The van der Waals surface area contributed by atoms with Crippen LogP contribution in [0.2, 0.25) is 0 Å². The number of fused-ring (bicyclic) bond motifs is 4. The van der Waals surface area contributed by atoms with E-state index in [9.17, 15) is 0 Å². The van der Waals surface area contributed by atoms with Gasteiger partial charge in [-0.2, -0.15) is 0 Å². The molecule has 0 atom stereocenters. The van der Waals surface area contributed by atoms with Gasteiger partial charge >= 0.3 is 0 Å². The number of furan rings is 1. The minimum absolute atomic E-state index is 0.604. The highest BCUT2D eigenvalue weighted by Gasteiger charge is 2.19. The van der Waals surface area contributed by atoms with Gasteiger partial charge in [0.1, 0.15) is 11.2 Å². The van der Waals surface area contributed by atoms with Gasteiger partial charge in [0, 0.05) is 50.9 Å². The molecule has 5 aromatic carbocycles. The van der Waals surface area contributed by atoms with Crippen LogP contribution in [0.25, 0.3) is 89.5 Å². The summed E-state index contributed by atoms with van der Waals surface area (Å²) in [6, 6.07) is 48.6. The van der Waals surface area contributed by atoms with Crippen molar-refractivity contribution < 1.29 is 4.42 Å². The average molecular weight is 604 g/mol. The largest absolute Gasteiger partial charge is 0.456 e. The first-order valence-corrected chi connectivity index (χ1v) is 15.4. The number of aromatic nitrogens is 5. The van der Waals surface area contributed by atoms with Crippen LogP contribution in [0.3, 0.4) is 0 Å². The van der Waals surface area contributed by atoms with Crippen LogP contribution >= 0.6 is 0 Å². The smallest absolute Gasteiger partial charge is 0.164 e. The van der Waals surface area contributed by atoms with Crippen LogP contribution in [-0.2, 0) is 0 Å². The van der Waals surface area contributed by atoms with Crippen molar-refractivity contribution >= 4 is 32.8 Å². The van der Waals surface area contributed by atoms with E-state index in [4.69, 9.17) is 29.3 Å². The number of nitrogens with zero attached hydrogens (tertiary/aromatic N) is 5. The molecule has 0 amide bonds. The lowest BCUT2D eigenvalue weighted by Gasteiger charge is -2.11. The summed E-state index contributed by atoms with van der Waals surface area (Å²) in [5.41, 5.74) is 8.81. The van der Waals surface area contributed by atoms with E-state index in [2.05, 4.69) is 42.5 Å². The third-order valence-corrected chi connectivity index (χ3v) is 8.39. The zero-order chi connectivity index (χ0) is 31.2. The Morgan fingerprint density at radius 1 is 0.447 bits per heavy atom. The summed E-state index contributed by atoms with van der Waals surface area (Å²) < 4.78 is 6.40. The van der Waals surface area contributed by atoms with Crippen LogP contribution in [0.5, 0.6) is 0 Å². The number of hydrogen-bond donors (Lipinski definition) is 0. The second kappa shape index (κ2) is 11.1. The molecule has 9 aromatic rings. The Morgan fingerprint density at radius 2 is 1.04 bits per heavy atom.